The first-order chi connectivity index (χ1) is 14.6. The Bertz CT molecular complexity index is 1160. The molecule has 2 fully saturated rings. The number of fused-ring (bicyclic) bond motifs is 1. The summed E-state index contributed by atoms with van der Waals surface area (Å²) in [5.74, 6) is -1.56. The molecule has 0 spiro atoms. The molecule has 4 rings (SSSR count). The molecule has 2 saturated heterocycles. The van der Waals surface area contributed by atoms with E-state index in [1.807, 2.05) is 0 Å². The number of nitrogens with zero attached hydrogens (tertiary/aromatic N) is 2. The normalized spacial score (nSPS) is 24.8. The summed E-state index contributed by atoms with van der Waals surface area (Å²) in [5, 5.41) is 12.8. The molecule has 2 aliphatic heterocycles. The van der Waals surface area contributed by atoms with Crippen molar-refractivity contribution >= 4 is 39.2 Å². The van der Waals surface area contributed by atoms with Crippen LogP contribution in [0.3, 0.4) is 0 Å². The van der Waals surface area contributed by atoms with Crippen LogP contribution < -0.4 is 10.6 Å². The van der Waals surface area contributed by atoms with E-state index in [0.29, 0.717) is 5.02 Å². The number of amides is 1. The molecule has 3 heterocycles. The highest BCUT2D eigenvalue weighted by Gasteiger charge is 2.56. The average molecular weight is 468 g/mol. The van der Waals surface area contributed by atoms with Crippen LogP contribution in [0, 0.1) is 11.2 Å². The summed E-state index contributed by atoms with van der Waals surface area (Å²) in [4.78, 5) is 16.4. The Morgan fingerprint density at radius 3 is 2.90 bits per heavy atom. The smallest absolute Gasteiger partial charge is 0.274 e. The molecule has 2 aromatic rings. The van der Waals surface area contributed by atoms with E-state index in [4.69, 9.17) is 21.7 Å². The topological polar surface area (TPSA) is 124 Å². The molecule has 0 radical (unpaired) electrons. The van der Waals surface area contributed by atoms with Gasteiger partial charge in [0.05, 0.1) is 17.2 Å². The number of anilines is 1. The van der Waals surface area contributed by atoms with E-state index in [2.05, 4.69) is 15.6 Å². The fourth-order valence-corrected chi connectivity index (χ4v) is 5.72. The third-order valence-electron chi connectivity index (χ3n) is 5.52. The Hall–Kier alpha value is -2.76. The number of rotatable bonds is 3. The number of carbonyl (C=O) groups is 1. The van der Waals surface area contributed by atoms with E-state index in [1.165, 1.54) is 37.5 Å². The summed E-state index contributed by atoms with van der Waals surface area (Å²) in [6.45, 7) is 0.0262. The zero-order valence-corrected chi connectivity index (χ0v) is 17.9. The summed E-state index contributed by atoms with van der Waals surface area (Å²) >= 11 is 5.79. The summed E-state index contributed by atoms with van der Waals surface area (Å²) < 4.78 is 47.2. The second kappa shape index (κ2) is 7.74. The molecule has 1 aromatic carbocycles. The first-order valence-corrected chi connectivity index (χ1v) is 11.2. The standard InChI is InChI=1S/C19H19ClFN5O4S/c1-26-18(22)25-19(6-7-30-10-16(19)31(26,28)29)13-8-12(3-4-14(13)21)24-17(27)15-5-2-11(20)9-23-15/h2-5,8-9,16H,6-7,10H2,1H3,(H2,22,25)(H,24,27)/t16?,19-/m1/s1. The van der Waals surface area contributed by atoms with Gasteiger partial charge in [0.15, 0.2) is 0 Å². The van der Waals surface area contributed by atoms with Crippen molar-refractivity contribution in [2.45, 2.75) is 17.2 Å². The fourth-order valence-electron chi connectivity index (χ4n) is 3.84. The number of aromatic nitrogens is 1. The number of nitrogens with one attached hydrogen (secondary N) is 3. The molecule has 0 saturated carbocycles. The van der Waals surface area contributed by atoms with Gasteiger partial charge >= 0.3 is 0 Å². The number of ether oxygens (including phenoxy) is 1. The minimum absolute atomic E-state index is 0.0316. The van der Waals surface area contributed by atoms with Crippen molar-refractivity contribution < 1.29 is 22.3 Å². The van der Waals surface area contributed by atoms with Gasteiger partial charge in [0.25, 0.3) is 5.91 Å². The van der Waals surface area contributed by atoms with Crippen molar-refractivity contribution in [3.63, 3.8) is 0 Å². The molecule has 31 heavy (non-hydrogen) atoms. The Morgan fingerprint density at radius 2 is 2.19 bits per heavy atom. The Balaban J connectivity index is 1.74. The molecular formula is C19H19ClFN5O4S. The van der Waals surface area contributed by atoms with Crippen LogP contribution in [0.2, 0.25) is 5.02 Å². The molecule has 1 unspecified atom stereocenters. The number of guanidine groups is 1. The lowest BCUT2D eigenvalue weighted by Gasteiger charge is -2.50. The Morgan fingerprint density at radius 1 is 1.42 bits per heavy atom. The largest absolute Gasteiger partial charge is 0.380 e. The van der Waals surface area contributed by atoms with Gasteiger partial charge in [-0.25, -0.2) is 22.1 Å². The number of benzene rings is 1. The van der Waals surface area contributed by atoms with E-state index in [9.17, 15) is 13.2 Å². The van der Waals surface area contributed by atoms with Crippen molar-refractivity contribution in [3.05, 3.63) is 58.6 Å². The van der Waals surface area contributed by atoms with Crippen LogP contribution in [0.15, 0.2) is 36.5 Å². The van der Waals surface area contributed by atoms with Crippen LogP contribution in [0.25, 0.3) is 0 Å². The molecule has 2 aliphatic rings. The van der Waals surface area contributed by atoms with E-state index in [0.717, 1.165) is 10.4 Å². The number of sulfonamides is 1. The van der Waals surface area contributed by atoms with Gasteiger partial charge in [0.1, 0.15) is 16.8 Å². The van der Waals surface area contributed by atoms with Gasteiger partial charge in [0.2, 0.25) is 16.0 Å². The first kappa shape index (κ1) is 21.5. The summed E-state index contributed by atoms with van der Waals surface area (Å²) in [6, 6.07) is 6.86. The van der Waals surface area contributed by atoms with Gasteiger partial charge in [-0.05, 0) is 36.8 Å². The van der Waals surface area contributed by atoms with E-state index >= 15 is 4.39 Å². The second-order valence-electron chi connectivity index (χ2n) is 7.28. The van der Waals surface area contributed by atoms with Crippen molar-refractivity contribution in [1.82, 2.24) is 14.6 Å². The molecule has 9 nitrogen and oxygen atoms in total. The molecule has 12 heteroatoms. The quantitative estimate of drug-likeness (QED) is 0.633. The summed E-state index contributed by atoms with van der Waals surface area (Å²) in [7, 11) is -2.71. The number of hydrogen-bond donors (Lipinski definition) is 3. The van der Waals surface area contributed by atoms with E-state index in [-0.39, 0.29) is 42.5 Å². The highest BCUT2D eigenvalue weighted by Crippen LogP contribution is 2.41. The highest BCUT2D eigenvalue weighted by molar-refractivity contribution is 7.90. The summed E-state index contributed by atoms with van der Waals surface area (Å²) in [6.07, 6.45) is 1.46. The van der Waals surface area contributed by atoms with E-state index < -0.39 is 32.5 Å². The highest BCUT2D eigenvalue weighted by atomic mass is 35.5. The number of halogens is 2. The van der Waals surface area contributed by atoms with Gasteiger partial charge in [-0.15, -0.1) is 0 Å². The Labute approximate surface area is 183 Å². The molecule has 164 valence electrons. The lowest BCUT2D eigenvalue weighted by molar-refractivity contribution is 0.0416. The van der Waals surface area contributed by atoms with Crippen molar-refractivity contribution in [1.29, 1.82) is 5.41 Å². The SMILES string of the molecule is CN1C(=N)N[C@@]2(c3cc(NC(=O)c4ccc(Cl)cn4)ccc3F)CCOCC2S1(=O)=O. The number of pyridine rings is 1. The van der Waals surface area contributed by atoms with Crippen LogP contribution in [-0.4, -0.2) is 55.1 Å². The van der Waals surface area contributed by atoms with Crippen LogP contribution >= 0.6 is 11.6 Å². The maximum atomic E-state index is 15.0. The third-order valence-corrected chi connectivity index (χ3v) is 7.95. The maximum Gasteiger partial charge on any atom is 0.274 e. The fraction of sp³-hybridized carbons (Fsp3) is 0.316. The summed E-state index contributed by atoms with van der Waals surface area (Å²) in [5.41, 5.74) is -1.02. The molecule has 2 atom stereocenters. The molecule has 1 aromatic heterocycles. The van der Waals surface area contributed by atoms with Crippen molar-refractivity contribution in [2.24, 2.45) is 0 Å². The van der Waals surface area contributed by atoms with Gasteiger partial charge in [-0.1, -0.05) is 11.6 Å². The third kappa shape index (κ3) is 3.62. The van der Waals surface area contributed by atoms with Crippen molar-refractivity contribution in [2.75, 3.05) is 25.6 Å². The lowest BCUT2D eigenvalue weighted by Crippen LogP contribution is -2.70. The molecule has 3 N–H and O–H groups in total. The van der Waals surface area contributed by atoms with Crippen molar-refractivity contribution in [3.8, 4) is 0 Å². The van der Waals surface area contributed by atoms with Crippen LogP contribution in [0.5, 0.6) is 0 Å². The van der Waals surface area contributed by atoms with Gasteiger partial charge in [-0.2, -0.15) is 0 Å². The number of hydrogen-bond acceptors (Lipinski definition) is 6. The molecule has 1 amide bonds. The molecular weight excluding hydrogens is 449 g/mol. The monoisotopic (exact) mass is 467 g/mol. The van der Waals surface area contributed by atoms with Crippen LogP contribution in [0.4, 0.5) is 10.1 Å². The predicted molar refractivity (Wildman–Crippen MR) is 112 cm³/mol. The van der Waals surface area contributed by atoms with Gasteiger partial charge in [0, 0.05) is 31.1 Å². The first-order valence-electron chi connectivity index (χ1n) is 9.30. The minimum Gasteiger partial charge on any atom is -0.380 e. The number of carbonyl (C=O) groups excluding carboxylic acids is 1. The predicted octanol–water partition coefficient (Wildman–Crippen LogP) is 1.91. The second-order valence-corrected chi connectivity index (χ2v) is 9.86. The minimum atomic E-state index is -3.97. The molecule has 0 aliphatic carbocycles. The zero-order chi connectivity index (χ0) is 22.4. The average Bonchev–Trinajstić information content (AvgIpc) is 2.74. The zero-order valence-electron chi connectivity index (χ0n) is 16.4. The van der Waals surface area contributed by atoms with Gasteiger partial charge < -0.3 is 15.4 Å². The van der Waals surface area contributed by atoms with Crippen LogP contribution in [-0.2, 0) is 20.3 Å². The van der Waals surface area contributed by atoms with Gasteiger partial charge in [-0.3, -0.25) is 10.2 Å². The van der Waals surface area contributed by atoms with Crippen LogP contribution in [0.1, 0.15) is 22.5 Å². The lowest BCUT2D eigenvalue weighted by atomic mass is 9.81. The maximum absolute atomic E-state index is 15.0. The Kier molecular flexibility index (Phi) is 5.36. The molecule has 0 bridgehead atoms. The van der Waals surface area contributed by atoms with E-state index in [1.54, 1.807) is 0 Å².